The van der Waals surface area contributed by atoms with Crippen molar-refractivity contribution in [2.24, 2.45) is 4.99 Å². The van der Waals surface area contributed by atoms with Crippen LogP contribution >= 0.6 is 0 Å². The van der Waals surface area contributed by atoms with Crippen molar-refractivity contribution in [2.75, 3.05) is 0 Å². The first-order valence-electron chi connectivity index (χ1n) is 8.19. The van der Waals surface area contributed by atoms with Crippen LogP contribution in [0.5, 0.6) is 0 Å². The fourth-order valence-electron chi connectivity index (χ4n) is 3.27. The monoisotopic (exact) mass is 333 g/mol. The molecule has 4 heteroatoms. The van der Waals surface area contributed by atoms with E-state index in [1.807, 2.05) is 60.7 Å². The van der Waals surface area contributed by atoms with Crippen LogP contribution in [0.3, 0.4) is 0 Å². The van der Waals surface area contributed by atoms with Gasteiger partial charge in [-0.05, 0) is 23.3 Å². The Bertz CT molecular complexity index is 798. The largest absolute Gasteiger partial charge is 0.481 e. The van der Waals surface area contributed by atoms with E-state index in [0.717, 1.165) is 11.1 Å². The molecule has 1 aliphatic heterocycles. The number of hydrogen-bond donors (Lipinski definition) is 1. The Hall–Kier alpha value is -3.01. The lowest BCUT2D eigenvalue weighted by Gasteiger charge is -2.32. The molecule has 0 saturated heterocycles. The van der Waals surface area contributed by atoms with Gasteiger partial charge in [0.2, 0.25) is 0 Å². The molecule has 4 nitrogen and oxygen atoms in total. The zero-order valence-electron chi connectivity index (χ0n) is 13.7. The highest BCUT2D eigenvalue weighted by atomic mass is 16.4. The number of carbonyl (C=O) groups excluding carboxylic acids is 1. The van der Waals surface area contributed by atoms with Gasteiger partial charge in [-0.2, -0.15) is 0 Å². The Morgan fingerprint density at radius 3 is 2.20 bits per heavy atom. The van der Waals surface area contributed by atoms with Gasteiger partial charge < -0.3 is 5.11 Å². The second-order valence-electron chi connectivity index (χ2n) is 6.11. The summed E-state index contributed by atoms with van der Waals surface area (Å²) in [5.41, 5.74) is 0.523. The van der Waals surface area contributed by atoms with Gasteiger partial charge in [0.25, 0.3) is 0 Å². The molecule has 0 fully saturated rings. The van der Waals surface area contributed by atoms with Crippen molar-refractivity contribution in [3.63, 3.8) is 0 Å². The third kappa shape index (κ3) is 3.58. The van der Waals surface area contributed by atoms with Gasteiger partial charge in [-0.3, -0.25) is 14.6 Å². The van der Waals surface area contributed by atoms with E-state index in [9.17, 15) is 14.7 Å². The van der Waals surface area contributed by atoms with Crippen molar-refractivity contribution in [3.8, 4) is 0 Å². The number of benzene rings is 2. The molecule has 1 aliphatic rings. The minimum atomic E-state index is -1.17. The molecular weight excluding hydrogens is 314 g/mol. The lowest BCUT2D eigenvalue weighted by atomic mass is 9.74. The van der Waals surface area contributed by atoms with Gasteiger partial charge in [-0.25, -0.2) is 0 Å². The molecular formula is C21H19NO3. The number of carboxylic acids is 1. The Balaban J connectivity index is 1.99. The average molecular weight is 333 g/mol. The minimum absolute atomic E-state index is 0.0983. The van der Waals surface area contributed by atoms with E-state index < -0.39 is 17.4 Å². The van der Waals surface area contributed by atoms with Gasteiger partial charge in [0.05, 0.1) is 6.42 Å². The van der Waals surface area contributed by atoms with Crippen molar-refractivity contribution in [1.82, 2.24) is 0 Å². The predicted octanol–water partition coefficient (Wildman–Crippen LogP) is 3.44. The Morgan fingerprint density at radius 1 is 1.00 bits per heavy atom. The van der Waals surface area contributed by atoms with Gasteiger partial charge >= 0.3 is 5.97 Å². The number of rotatable bonds is 7. The van der Waals surface area contributed by atoms with Gasteiger partial charge in [-0.1, -0.05) is 60.7 Å². The first-order valence-corrected chi connectivity index (χ1v) is 8.19. The summed E-state index contributed by atoms with van der Waals surface area (Å²) in [4.78, 5) is 29.1. The van der Waals surface area contributed by atoms with Gasteiger partial charge in [0.1, 0.15) is 5.54 Å². The van der Waals surface area contributed by atoms with Crippen LogP contribution < -0.4 is 0 Å². The molecule has 0 saturated carbocycles. The molecule has 3 rings (SSSR count). The van der Waals surface area contributed by atoms with Crippen LogP contribution in [-0.4, -0.2) is 28.6 Å². The normalized spacial score (nSPS) is 19.7. The Labute approximate surface area is 146 Å². The molecule has 0 radical (unpaired) electrons. The van der Waals surface area contributed by atoms with E-state index in [1.54, 1.807) is 18.4 Å². The SMILES string of the molecule is O=C(O)CC(c1ccccc1)C1(C(=O)Cc2ccccc2)C=CC=N1. The van der Waals surface area contributed by atoms with Crippen LogP contribution in [0.2, 0.25) is 0 Å². The first-order chi connectivity index (χ1) is 12.1. The van der Waals surface area contributed by atoms with Crippen molar-refractivity contribution in [1.29, 1.82) is 0 Å². The number of hydrogen-bond acceptors (Lipinski definition) is 3. The molecule has 0 bridgehead atoms. The van der Waals surface area contributed by atoms with E-state index in [4.69, 9.17) is 0 Å². The number of allylic oxidation sites excluding steroid dienone is 1. The maximum Gasteiger partial charge on any atom is 0.304 e. The summed E-state index contributed by atoms with van der Waals surface area (Å²) >= 11 is 0. The summed E-state index contributed by atoms with van der Waals surface area (Å²) in [7, 11) is 0. The molecule has 2 atom stereocenters. The first kappa shape index (κ1) is 16.8. The van der Waals surface area contributed by atoms with Crippen molar-refractivity contribution in [3.05, 3.63) is 83.9 Å². The van der Waals surface area contributed by atoms with Gasteiger partial charge in [0.15, 0.2) is 5.78 Å². The summed E-state index contributed by atoms with van der Waals surface area (Å²) in [6.07, 6.45) is 5.10. The smallest absolute Gasteiger partial charge is 0.304 e. The maximum absolute atomic E-state index is 13.2. The standard InChI is InChI=1S/C21H19NO3/c23-19(14-16-8-3-1-4-9-16)21(12-7-13-22-21)18(15-20(24)25)17-10-5-2-6-11-17/h1-13,18H,14-15H2,(H,24,25). The molecule has 2 aromatic rings. The fourth-order valence-corrected chi connectivity index (χ4v) is 3.27. The predicted molar refractivity (Wildman–Crippen MR) is 97.0 cm³/mol. The number of aliphatic imine (C=N–C) groups is 1. The average Bonchev–Trinajstić information content (AvgIpc) is 3.12. The quantitative estimate of drug-likeness (QED) is 0.844. The van der Waals surface area contributed by atoms with Gasteiger partial charge in [0, 0.05) is 18.6 Å². The fraction of sp³-hybridized carbons (Fsp3) is 0.190. The van der Waals surface area contributed by atoms with E-state index >= 15 is 0 Å². The second-order valence-corrected chi connectivity index (χ2v) is 6.11. The summed E-state index contributed by atoms with van der Waals surface area (Å²) < 4.78 is 0. The highest BCUT2D eigenvalue weighted by Crippen LogP contribution is 2.39. The molecule has 1 N–H and O–H groups in total. The number of carbonyl (C=O) groups is 2. The number of ketones is 1. The second kappa shape index (κ2) is 7.26. The van der Waals surface area contributed by atoms with E-state index in [-0.39, 0.29) is 18.6 Å². The number of aliphatic carboxylic acids is 1. The van der Waals surface area contributed by atoms with E-state index in [1.165, 1.54) is 0 Å². The van der Waals surface area contributed by atoms with Crippen molar-refractivity contribution >= 4 is 18.0 Å². The highest BCUT2D eigenvalue weighted by Gasteiger charge is 2.45. The molecule has 25 heavy (non-hydrogen) atoms. The van der Waals surface area contributed by atoms with E-state index in [2.05, 4.69) is 4.99 Å². The topological polar surface area (TPSA) is 66.7 Å². The minimum Gasteiger partial charge on any atom is -0.481 e. The molecule has 2 aromatic carbocycles. The molecule has 126 valence electrons. The molecule has 0 spiro atoms. The van der Waals surface area contributed by atoms with Gasteiger partial charge in [-0.15, -0.1) is 0 Å². The highest BCUT2D eigenvalue weighted by molar-refractivity contribution is 5.98. The van der Waals surface area contributed by atoms with E-state index in [0.29, 0.717) is 0 Å². The van der Waals surface area contributed by atoms with Crippen LogP contribution in [0.15, 0.2) is 77.8 Å². The van der Waals surface area contributed by atoms with Crippen LogP contribution in [-0.2, 0) is 16.0 Å². The lowest BCUT2D eigenvalue weighted by Crippen LogP contribution is -2.42. The molecule has 1 heterocycles. The number of nitrogens with zero attached hydrogens (tertiary/aromatic N) is 1. The zero-order valence-corrected chi connectivity index (χ0v) is 13.7. The summed E-state index contributed by atoms with van der Waals surface area (Å²) in [6.45, 7) is 0. The molecule has 2 unspecified atom stereocenters. The zero-order chi connectivity index (χ0) is 17.7. The molecule has 0 aliphatic carbocycles. The Morgan fingerprint density at radius 2 is 1.64 bits per heavy atom. The van der Waals surface area contributed by atoms with Crippen LogP contribution in [0.25, 0.3) is 0 Å². The third-order valence-electron chi connectivity index (χ3n) is 4.49. The summed E-state index contributed by atoms with van der Waals surface area (Å²) in [6, 6.07) is 18.7. The Kier molecular flexibility index (Phi) is 4.89. The van der Waals surface area contributed by atoms with Crippen molar-refractivity contribution in [2.45, 2.75) is 24.3 Å². The maximum atomic E-state index is 13.2. The molecule has 0 amide bonds. The number of carboxylic acid groups (broad SMARTS) is 1. The van der Waals surface area contributed by atoms with Crippen LogP contribution in [0, 0.1) is 0 Å². The number of Topliss-reactive ketones (excluding diaryl/α,β-unsaturated/α-hetero) is 1. The molecule has 0 aromatic heterocycles. The third-order valence-corrected chi connectivity index (χ3v) is 4.49. The summed E-state index contributed by atoms with van der Waals surface area (Å²) in [5, 5.41) is 9.40. The van der Waals surface area contributed by atoms with Crippen LogP contribution in [0.4, 0.5) is 0 Å². The van der Waals surface area contributed by atoms with Crippen LogP contribution in [0.1, 0.15) is 23.5 Å². The summed E-state index contributed by atoms with van der Waals surface area (Å²) in [5.74, 6) is -1.59. The lowest BCUT2D eigenvalue weighted by molar-refractivity contribution is -0.138. The van der Waals surface area contributed by atoms with Crippen molar-refractivity contribution < 1.29 is 14.7 Å².